The minimum atomic E-state index is 0.0415. The van der Waals surface area contributed by atoms with Crippen LogP contribution in [0.5, 0.6) is 28.7 Å². The monoisotopic (exact) mass is 342 g/mol. The fraction of sp³-hybridized carbons (Fsp3) is 0.300. The molecule has 2 aromatic carbocycles. The maximum absolute atomic E-state index is 10.4. The first-order valence-corrected chi connectivity index (χ1v) is 8.13. The van der Waals surface area contributed by atoms with Crippen LogP contribution >= 0.6 is 0 Å². The fourth-order valence-corrected chi connectivity index (χ4v) is 3.27. The third-order valence-corrected chi connectivity index (χ3v) is 4.53. The molecule has 0 saturated heterocycles. The second-order valence-electron chi connectivity index (χ2n) is 5.94. The molecule has 0 saturated carbocycles. The Morgan fingerprint density at radius 2 is 1.64 bits per heavy atom. The fourth-order valence-electron chi connectivity index (χ4n) is 3.27. The molecule has 0 spiro atoms. The van der Waals surface area contributed by atoms with Gasteiger partial charge >= 0.3 is 0 Å². The summed E-state index contributed by atoms with van der Waals surface area (Å²) in [6.07, 6.45) is 4.51. The molecule has 5 heteroatoms. The quantitative estimate of drug-likeness (QED) is 0.879. The number of hydrogen-bond acceptors (Lipinski definition) is 5. The lowest BCUT2D eigenvalue weighted by atomic mass is 9.99. The molecule has 0 amide bonds. The second kappa shape index (κ2) is 6.97. The molecule has 1 aliphatic carbocycles. The van der Waals surface area contributed by atoms with E-state index in [1.165, 1.54) is 7.11 Å². The summed E-state index contributed by atoms with van der Waals surface area (Å²) in [6, 6.07) is 7.25. The van der Waals surface area contributed by atoms with Gasteiger partial charge in [0.15, 0.2) is 23.0 Å². The van der Waals surface area contributed by atoms with Gasteiger partial charge in [0, 0.05) is 5.56 Å². The zero-order chi connectivity index (χ0) is 18.0. The summed E-state index contributed by atoms with van der Waals surface area (Å²) in [7, 11) is 4.59. The van der Waals surface area contributed by atoms with Crippen molar-refractivity contribution >= 4 is 11.6 Å². The number of ether oxygens (including phenoxy) is 3. The third-order valence-electron chi connectivity index (χ3n) is 4.53. The van der Waals surface area contributed by atoms with E-state index in [0.717, 1.165) is 41.5 Å². The number of fused-ring (bicyclic) bond motifs is 1. The van der Waals surface area contributed by atoms with Gasteiger partial charge in [-0.15, -0.1) is 0 Å². The van der Waals surface area contributed by atoms with Crippen LogP contribution < -0.4 is 14.2 Å². The summed E-state index contributed by atoms with van der Waals surface area (Å²) in [5.41, 5.74) is 3.79. The average molecular weight is 342 g/mol. The van der Waals surface area contributed by atoms with Gasteiger partial charge in [-0.2, -0.15) is 0 Å². The molecule has 5 nitrogen and oxygen atoms in total. The Kier molecular flexibility index (Phi) is 4.74. The SMILES string of the molecule is COc1ccc2c(c1O)CCCC(c1cc(O)c(OC)c(OC)c1)=C2. The molecule has 0 aliphatic heterocycles. The van der Waals surface area contributed by atoms with Gasteiger partial charge in [-0.25, -0.2) is 0 Å². The van der Waals surface area contributed by atoms with Crippen molar-refractivity contribution in [3.05, 3.63) is 41.0 Å². The first kappa shape index (κ1) is 17.0. The minimum Gasteiger partial charge on any atom is -0.504 e. The van der Waals surface area contributed by atoms with Crippen molar-refractivity contribution in [2.75, 3.05) is 21.3 Å². The van der Waals surface area contributed by atoms with Crippen LogP contribution in [-0.4, -0.2) is 31.5 Å². The van der Waals surface area contributed by atoms with Crippen LogP contribution in [0.25, 0.3) is 11.6 Å². The normalized spacial score (nSPS) is 13.5. The van der Waals surface area contributed by atoms with E-state index in [4.69, 9.17) is 14.2 Å². The number of aromatic hydroxyl groups is 2. The van der Waals surface area contributed by atoms with Crippen LogP contribution in [0, 0.1) is 0 Å². The summed E-state index contributed by atoms with van der Waals surface area (Å²) in [6.45, 7) is 0. The van der Waals surface area contributed by atoms with Crippen molar-refractivity contribution in [2.24, 2.45) is 0 Å². The topological polar surface area (TPSA) is 68.2 Å². The van der Waals surface area contributed by atoms with Crippen LogP contribution in [0.4, 0.5) is 0 Å². The second-order valence-corrected chi connectivity index (χ2v) is 5.94. The lowest BCUT2D eigenvalue weighted by Crippen LogP contribution is -1.93. The molecule has 0 radical (unpaired) electrons. The summed E-state index contributed by atoms with van der Waals surface area (Å²) in [5.74, 6) is 1.54. The van der Waals surface area contributed by atoms with Gasteiger partial charge in [0.05, 0.1) is 21.3 Å². The predicted octanol–water partition coefficient (Wildman–Crippen LogP) is 4.00. The highest BCUT2D eigenvalue weighted by atomic mass is 16.5. The molecule has 2 N–H and O–H groups in total. The molecule has 0 heterocycles. The van der Waals surface area contributed by atoms with E-state index in [-0.39, 0.29) is 11.5 Å². The summed E-state index contributed by atoms with van der Waals surface area (Å²) in [5, 5.41) is 20.6. The predicted molar refractivity (Wildman–Crippen MR) is 96.7 cm³/mol. The molecule has 0 unspecified atom stereocenters. The standard InChI is InChI=1S/C20H22O5/c1-23-17-8-7-13-9-12(5-4-6-15(13)19(17)22)14-10-16(21)20(25-3)18(11-14)24-2/h7-11,21-22H,4-6H2,1-3H3. The number of methoxy groups -OCH3 is 3. The van der Waals surface area contributed by atoms with Crippen molar-refractivity contribution in [1.29, 1.82) is 0 Å². The Morgan fingerprint density at radius 1 is 0.880 bits per heavy atom. The molecule has 25 heavy (non-hydrogen) atoms. The lowest BCUT2D eigenvalue weighted by molar-refractivity contribution is 0.333. The number of rotatable bonds is 4. The van der Waals surface area contributed by atoms with Gasteiger partial charge in [-0.3, -0.25) is 0 Å². The summed E-state index contributed by atoms with van der Waals surface area (Å²) in [4.78, 5) is 0. The largest absolute Gasteiger partial charge is 0.504 e. The Balaban J connectivity index is 2.09. The van der Waals surface area contributed by atoms with Gasteiger partial charge in [-0.1, -0.05) is 12.1 Å². The first-order chi connectivity index (χ1) is 12.1. The molecule has 2 aromatic rings. The minimum absolute atomic E-state index is 0.0415. The van der Waals surface area contributed by atoms with Crippen LogP contribution in [0.15, 0.2) is 24.3 Å². The molecule has 3 rings (SSSR count). The van der Waals surface area contributed by atoms with Crippen molar-refractivity contribution < 1.29 is 24.4 Å². The Hall–Kier alpha value is -2.82. The zero-order valence-electron chi connectivity index (χ0n) is 14.6. The van der Waals surface area contributed by atoms with Crippen molar-refractivity contribution in [1.82, 2.24) is 0 Å². The van der Waals surface area contributed by atoms with E-state index in [9.17, 15) is 10.2 Å². The van der Waals surface area contributed by atoms with E-state index in [0.29, 0.717) is 17.2 Å². The molecule has 0 atom stereocenters. The number of benzene rings is 2. The van der Waals surface area contributed by atoms with E-state index >= 15 is 0 Å². The van der Waals surface area contributed by atoms with Crippen LogP contribution in [0.2, 0.25) is 0 Å². The molecule has 0 aromatic heterocycles. The molecule has 1 aliphatic rings. The molecule has 132 valence electrons. The van der Waals surface area contributed by atoms with Crippen LogP contribution in [0.3, 0.4) is 0 Å². The molecular formula is C20H22O5. The Labute approximate surface area is 147 Å². The van der Waals surface area contributed by atoms with Gasteiger partial charge in [-0.05, 0) is 54.2 Å². The van der Waals surface area contributed by atoms with Gasteiger partial charge in [0.1, 0.15) is 0 Å². The molecule has 0 bridgehead atoms. The molecular weight excluding hydrogens is 320 g/mol. The summed E-state index contributed by atoms with van der Waals surface area (Å²) >= 11 is 0. The maximum Gasteiger partial charge on any atom is 0.203 e. The zero-order valence-corrected chi connectivity index (χ0v) is 14.6. The van der Waals surface area contributed by atoms with E-state index in [1.54, 1.807) is 26.4 Å². The van der Waals surface area contributed by atoms with Crippen LogP contribution in [-0.2, 0) is 6.42 Å². The smallest absolute Gasteiger partial charge is 0.203 e. The van der Waals surface area contributed by atoms with E-state index < -0.39 is 0 Å². The van der Waals surface area contributed by atoms with E-state index in [1.807, 2.05) is 18.2 Å². The van der Waals surface area contributed by atoms with Gasteiger partial charge in [0.25, 0.3) is 0 Å². The van der Waals surface area contributed by atoms with Crippen LogP contribution in [0.1, 0.15) is 29.5 Å². The Bertz CT molecular complexity index is 823. The first-order valence-electron chi connectivity index (χ1n) is 8.13. The van der Waals surface area contributed by atoms with Crippen molar-refractivity contribution in [3.63, 3.8) is 0 Å². The highest BCUT2D eigenvalue weighted by Gasteiger charge is 2.19. The lowest BCUT2D eigenvalue weighted by Gasteiger charge is -2.13. The van der Waals surface area contributed by atoms with Gasteiger partial charge < -0.3 is 24.4 Å². The van der Waals surface area contributed by atoms with Gasteiger partial charge in [0.2, 0.25) is 5.75 Å². The highest BCUT2D eigenvalue weighted by Crippen LogP contribution is 2.42. The highest BCUT2D eigenvalue weighted by molar-refractivity contribution is 5.85. The summed E-state index contributed by atoms with van der Waals surface area (Å²) < 4.78 is 15.7. The average Bonchev–Trinajstić information content (AvgIpc) is 2.84. The number of hydrogen-bond donors (Lipinski definition) is 2. The maximum atomic E-state index is 10.4. The van der Waals surface area contributed by atoms with Crippen molar-refractivity contribution in [2.45, 2.75) is 19.3 Å². The number of allylic oxidation sites excluding steroid dienone is 1. The molecule has 0 fully saturated rings. The Morgan fingerprint density at radius 3 is 2.32 bits per heavy atom. The number of phenolic OH excluding ortho intramolecular Hbond substituents is 2. The van der Waals surface area contributed by atoms with E-state index in [2.05, 4.69) is 0 Å². The van der Waals surface area contributed by atoms with Crippen molar-refractivity contribution in [3.8, 4) is 28.7 Å². The third kappa shape index (κ3) is 3.09. The number of phenols is 2.